The van der Waals surface area contributed by atoms with Crippen LogP contribution >= 0.6 is 0 Å². The van der Waals surface area contributed by atoms with Crippen LogP contribution in [0, 0.1) is 11.3 Å². The molecule has 0 aliphatic carbocycles. The summed E-state index contributed by atoms with van der Waals surface area (Å²) in [5.41, 5.74) is 2.94. The van der Waals surface area contributed by atoms with E-state index in [1.54, 1.807) is 24.3 Å². The molecule has 1 amide bonds. The number of benzene rings is 3. The Labute approximate surface area is 167 Å². The molecule has 0 saturated carbocycles. The molecule has 0 radical (unpaired) electrons. The van der Waals surface area contributed by atoms with Crippen molar-refractivity contribution in [2.75, 3.05) is 0 Å². The predicted octanol–water partition coefficient (Wildman–Crippen LogP) is 3.90. The van der Waals surface area contributed by atoms with Gasteiger partial charge in [0.1, 0.15) is 6.54 Å². The molecule has 1 atom stereocenters. The first-order chi connectivity index (χ1) is 14.1. The highest BCUT2D eigenvalue weighted by atomic mass is 16.2. The number of pyridine rings is 1. The molecular formula is C24H19N3O2. The zero-order valence-corrected chi connectivity index (χ0v) is 15.9. The SMILES string of the molecule is CC(NC(=O)Cn1c2ccccc2c(=O)c2ccccc21)c1ccc(C#N)cc1. The molecule has 4 rings (SSSR count). The number of carbonyl (C=O) groups is 1. The summed E-state index contributed by atoms with van der Waals surface area (Å²) in [6.45, 7) is 2.00. The first kappa shape index (κ1) is 18.5. The van der Waals surface area contributed by atoms with Gasteiger partial charge in [0.05, 0.1) is 28.7 Å². The summed E-state index contributed by atoms with van der Waals surface area (Å²) in [5.74, 6) is -0.152. The van der Waals surface area contributed by atoms with E-state index in [0.717, 1.165) is 16.6 Å². The number of amides is 1. The third-order valence-electron chi connectivity index (χ3n) is 5.10. The van der Waals surface area contributed by atoms with Gasteiger partial charge < -0.3 is 9.88 Å². The number of para-hydroxylation sites is 2. The van der Waals surface area contributed by atoms with Crippen LogP contribution in [0.4, 0.5) is 0 Å². The van der Waals surface area contributed by atoms with Gasteiger partial charge in [-0.25, -0.2) is 0 Å². The highest BCUT2D eigenvalue weighted by Gasteiger charge is 2.15. The predicted molar refractivity (Wildman–Crippen MR) is 113 cm³/mol. The highest BCUT2D eigenvalue weighted by molar-refractivity contribution is 5.94. The van der Waals surface area contributed by atoms with E-state index in [2.05, 4.69) is 11.4 Å². The molecule has 0 aliphatic rings. The molecular weight excluding hydrogens is 362 g/mol. The lowest BCUT2D eigenvalue weighted by atomic mass is 10.1. The van der Waals surface area contributed by atoms with Crippen LogP contribution in [0.3, 0.4) is 0 Å². The molecule has 1 aromatic heterocycles. The topological polar surface area (TPSA) is 74.9 Å². The standard InChI is InChI=1S/C24H19N3O2/c1-16(18-12-10-17(14-25)11-13-18)26-23(28)15-27-21-8-4-2-6-19(21)24(29)20-7-3-5-9-22(20)27/h2-13,16H,15H2,1H3,(H,26,28). The maximum atomic E-state index is 12.8. The van der Waals surface area contributed by atoms with E-state index in [1.807, 2.05) is 60.0 Å². The van der Waals surface area contributed by atoms with Gasteiger partial charge in [-0.2, -0.15) is 5.26 Å². The molecule has 0 saturated heterocycles. The lowest BCUT2D eigenvalue weighted by molar-refractivity contribution is -0.122. The van der Waals surface area contributed by atoms with Crippen molar-refractivity contribution in [3.63, 3.8) is 0 Å². The smallest absolute Gasteiger partial charge is 0.240 e. The molecule has 29 heavy (non-hydrogen) atoms. The molecule has 4 aromatic rings. The van der Waals surface area contributed by atoms with Crippen molar-refractivity contribution >= 4 is 27.7 Å². The van der Waals surface area contributed by atoms with Crippen LogP contribution in [0.5, 0.6) is 0 Å². The average Bonchev–Trinajstić information content (AvgIpc) is 2.76. The average molecular weight is 381 g/mol. The maximum absolute atomic E-state index is 12.8. The molecule has 5 nitrogen and oxygen atoms in total. The van der Waals surface area contributed by atoms with Gasteiger partial charge in [-0.3, -0.25) is 9.59 Å². The van der Waals surface area contributed by atoms with Crippen molar-refractivity contribution in [1.82, 2.24) is 9.88 Å². The van der Waals surface area contributed by atoms with Crippen LogP contribution in [0.15, 0.2) is 77.6 Å². The summed E-state index contributed by atoms with van der Waals surface area (Å²) in [6.07, 6.45) is 0. The lowest BCUT2D eigenvalue weighted by Gasteiger charge is -2.18. The second kappa shape index (κ2) is 7.61. The summed E-state index contributed by atoms with van der Waals surface area (Å²) < 4.78 is 1.88. The Morgan fingerprint density at radius 1 is 0.966 bits per heavy atom. The largest absolute Gasteiger partial charge is 0.348 e. The lowest BCUT2D eigenvalue weighted by Crippen LogP contribution is -2.30. The Hall–Kier alpha value is -3.91. The van der Waals surface area contributed by atoms with Crippen molar-refractivity contribution in [2.45, 2.75) is 19.5 Å². The zero-order valence-electron chi connectivity index (χ0n) is 15.9. The van der Waals surface area contributed by atoms with E-state index in [0.29, 0.717) is 16.3 Å². The van der Waals surface area contributed by atoms with Crippen LogP contribution in [0.1, 0.15) is 24.1 Å². The minimum absolute atomic E-state index is 0.0289. The summed E-state index contributed by atoms with van der Waals surface area (Å²) >= 11 is 0. The zero-order chi connectivity index (χ0) is 20.4. The number of hydrogen-bond donors (Lipinski definition) is 1. The quantitative estimate of drug-likeness (QED) is 0.545. The van der Waals surface area contributed by atoms with Crippen molar-refractivity contribution in [2.24, 2.45) is 0 Å². The second-order valence-electron chi connectivity index (χ2n) is 6.97. The molecule has 5 heteroatoms. The molecule has 3 aromatic carbocycles. The second-order valence-corrected chi connectivity index (χ2v) is 6.97. The molecule has 0 bridgehead atoms. The Morgan fingerprint density at radius 2 is 1.52 bits per heavy atom. The molecule has 1 N–H and O–H groups in total. The third-order valence-corrected chi connectivity index (χ3v) is 5.10. The van der Waals surface area contributed by atoms with E-state index in [1.165, 1.54) is 0 Å². The van der Waals surface area contributed by atoms with E-state index in [-0.39, 0.29) is 23.9 Å². The van der Waals surface area contributed by atoms with Gasteiger partial charge in [0, 0.05) is 10.8 Å². The molecule has 1 heterocycles. The third kappa shape index (κ3) is 3.48. The fourth-order valence-corrected chi connectivity index (χ4v) is 3.61. The summed E-state index contributed by atoms with van der Waals surface area (Å²) in [7, 11) is 0. The number of nitrogens with one attached hydrogen (secondary N) is 1. The Balaban J connectivity index is 1.68. The van der Waals surface area contributed by atoms with Gasteiger partial charge in [-0.05, 0) is 48.9 Å². The van der Waals surface area contributed by atoms with Crippen molar-refractivity contribution < 1.29 is 4.79 Å². The fraction of sp³-hybridized carbons (Fsp3) is 0.125. The minimum Gasteiger partial charge on any atom is -0.348 e. The molecule has 1 unspecified atom stereocenters. The van der Waals surface area contributed by atoms with Crippen LogP contribution < -0.4 is 10.7 Å². The number of nitriles is 1. The first-order valence-electron chi connectivity index (χ1n) is 9.38. The van der Waals surface area contributed by atoms with Gasteiger partial charge in [0.2, 0.25) is 5.91 Å². The molecule has 0 aliphatic heterocycles. The minimum atomic E-state index is -0.202. The van der Waals surface area contributed by atoms with Crippen molar-refractivity contribution in [3.05, 3.63) is 94.1 Å². The Morgan fingerprint density at radius 3 is 2.07 bits per heavy atom. The molecule has 0 spiro atoms. The van der Waals surface area contributed by atoms with E-state index in [4.69, 9.17) is 5.26 Å². The van der Waals surface area contributed by atoms with Crippen molar-refractivity contribution in [1.29, 1.82) is 5.26 Å². The van der Waals surface area contributed by atoms with Gasteiger partial charge in [0.15, 0.2) is 5.43 Å². The highest BCUT2D eigenvalue weighted by Crippen LogP contribution is 2.19. The Kier molecular flexibility index (Phi) is 4.84. The number of fused-ring (bicyclic) bond motifs is 2. The molecule has 142 valence electrons. The summed E-state index contributed by atoms with van der Waals surface area (Å²) in [6, 6.07) is 23.7. The number of rotatable bonds is 4. The van der Waals surface area contributed by atoms with Gasteiger partial charge in [0.25, 0.3) is 0 Å². The Bertz CT molecular complexity index is 1250. The van der Waals surface area contributed by atoms with Crippen LogP contribution in [-0.4, -0.2) is 10.5 Å². The van der Waals surface area contributed by atoms with Gasteiger partial charge in [-0.15, -0.1) is 0 Å². The van der Waals surface area contributed by atoms with Gasteiger partial charge in [-0.1, -0.05) is 36.4 Å². The van der Waals surface area contributed by atoms with Crippen LogP contribution in [0.25, 0.3) is 21.8 Å². The van der Waals surface area contributed by atoms with E-state index >= 15 is 0 Å². The number of aromatic nitrogens is 1. The van der Waals surface area contributed by atoms with Crippen LogP contribution in [0.2, 0.25) is 0 Å². The number of carbonyl (C=O) groups excluding carboxylic acids is 1. The van der Waals surface area contributed by atoms with Crippen LogP contribution in [-0.2, 0) is 11.3 Å². The van der Waals surface area contributed by atoms with E-state index in [9.17, 15) is 9.59 Å². The fourth-order valence-electron chi connectivity index (χ4n) is 3.61. The van der Waals surface area contributed by atoms with E-state index < -0.39 is 0 Å². The van der Waals surface area contributed by atoms with Gasteiger partial charge >= 0.3 is 0 Å². The van der Waals surface area contributed by atoms with Crippen molar-refractivity contribution in [3.8, 4) is 6.07 Å². The number of nitrogens with zero attached hydrogens (tertiary/aromatic N) is 2. The normalized spacial score (nSPS) is 11.9. The monoisotopic (exact) mass is 381 g/mol. The first-order valence-corrected chi connectivity index (χ1v) is 9.38. The maximum Gasteiger partial charge on any atom is 0.240 e. The number of hydrogen-bond acceptors (Lipinski definition) is 3. The summed E-state index contributed by atoms with van der Waals surface area (Å²) in [4.78, 5) is 25.6. The molecule has 0 fully saturated rings. The summed E-state index contributed by atoms with van der Waals surface area (Å²) in [5, 5.41) is 13.1.